The molecule has 0 bridgehead atoms. The van der Waals surface area contributed by atoms with Crippen LogP contribution in [0.4, 0.5) is 15.3 Å². The van der Waals surface area contributed by atoms with E-state index in [9.17, 15) is 9.59 Å². The number of aryl methyl sites for hydroxylation is 1. The lowest BCUT2D eigenvalue weighted by molar-refractivity contribution is 0.0899. The van der Waals surface area contributed by atoms with E-state index < -0.39 is 6.16 Å². The second-order valence-electron chi connectivity index (χ2n) is 7.71. The largest absolute Gasteiger partial charge is 0.505 e. The lowest BCUT2D eigenvalue weighted by Crippen LogP contribution is -2.14. The molecule has 170 valence electrons. The number of carbonyl (C=O) groups is 2. The highest BCUT2D eigenvalue weighted by atomic mass is 16.7. The number of benzene rings is 1. The fourth-order valence-electron chi connectivity index (χ4n) is 3.25. The van der Waals surface area contributed by atoms with Gasteiger partial charge in [-0.05, 0) is 43.4 Å². The van der Waals surface area contributed by atoms with Crippen LogP contribution in [-0.4, -0.2) is 30.6 Å². The average molecular weight is 422 g/mol. The molecule has 0 aliphatic heterocycles. The highest BCUT2D eigenvalue weighted by molar-refractivity contribution is 5.84. The summed E-state index contributed by atoms with van der Waals surface area (Å²) in [5, 5.41) is 11.2. The molecule has 1 aromatic carbocycles. The highest BCUT2D eigenvalue weighted by Gasteiger charge is 2.03. The Labute approximate surface area is 181 Å². The lowest BCUT2D eigenvalue weighted by Gasteiger charge is -2.08. The number of hydrogen-bond acceptors (Lipinski definition) is 4. The standard InChI is InChI=1S/C24H39NO5/c1-2-3-4-5-9-12-19-29-23(26)25-22-17-15-21(16-18-22)14-11-8-6-7-10-13-20-30-24(27)28/h15-18H,2-14,19-20H2,1H3,(H,25,26)(H,27,28). The number of rotatable bonds is 17. The van der Waals surface area contributed by atoms with Gasteiger partial charge in [-0.2, -0.15) is 0 Å². The van der Waals surface area contributed by atoms with Crippen LogP contribution in [0.2, 0.25) is 0 Å². The van der Waals surface area contributed by atoms with Crippen LogP contribution < -0.4 is 5.32 Å². The number of anilines is 1. The number of ether oxygens (including phenoxy) is 2. The second kappa shape index (κ2) is 17.6. The van der Waals surface area contributed by atoms with Crippen molar-refractivity contribution < 1.29 is 24.2 Å². The summed E-state index contributed by atoms with van der Waals surface area (Å²) < 4.78 is 9.72. The van der Waals surface area contributed by atoms with E-state index in [4.69, 9.17) is 9.84 Å². The van der Waals surface area contributed by atoms with Gasteiger partial charge in [-0.1, -0.05) is 76.8 Å². The quantitative estimate of drug-likeness (QED) is 0.206. The van der Waals surface area contributed by atoms with E-state index in [2.05, 4.69) is 17.0 Å². The van der Waals surface area contributed by atoms with Crippen LogP contribution in [0, 0.1) is 0 Å². The topological polar surface area (TPSA) is 84.9 Å². The molecule has 0 aliphatic carbocycles. The molecule has 0 heterocycles. The zero-order valence-electron chi connectivity index (χ0n) is 18.5. The van der Waals surface area contributed by atoms with Crippen molar-refractivity contribution in [1.82, 2.24) is 0 Å². The van der Waals surface area contributed by atoms with E-state index in [1.807, 2.05) is 24.3 Å². The maximum atomic E-state index is 11.8. The molecule has 0 spiro atoms. The van der Waals surface area contributed by atoms with Crippen molar-refractivity contribution in [1.29, 1.82) is 0 Å². The summed E-state index contributed by atoms with van der Waals surface area (Å²) in [6.07, 6.45) is 12.8. The monoisotopic (exact) mass is 421 g/mol. The SMILES string of the molecule is CCCCCCCCOC(=O)Nc1ccc(CCCCCCCCOC(=O)O)cc1. The zero-order valence-corrected chi connectivity index (χ0v) is 18.5. The van der Waals surface area contributed by atoms with Crippen LogP contribution in [0.3, 0.4) is 0 Å². The summed E-state index contributed by atoms with van der Waals surface area (Å²) in [7, 11) is 0. The molecule has 1 aromatic rings. The molecule has 6 nitrogen and oxygen atoms in total. The first-order valence-corrected chi connectivity index (χ1v) is 11.5. The summed E-state index contributed by atoms with van der Waals surface area (Å²) in [5.74, 6) is 0. The molecule has 0 aromatic heterocycles. The Morgan fingerprint density at radius 3 is 1.90 bits per heavy atom. The highest BCUT2D eigenvalue weighted by Crippen LogP contribution is 2.14. The Balaban J connectivity index is 2.04. The van der Waals surface area contributed by atoms with Crippen LogP contribution in [0.1, 0.15) is 89.5 Å². The molecule has 0 fully saturated rings. The Morgan fingerprint density at radius 2 is 1.30 bits per heavy atom. The lowest BCUT2D eigenvalue weighted by atomic mass is 10.0. The van der Waals surface area contributed by atoms with Crippen molar-refractivity contribution in [3.05, 3.63) is 29.8 Å². The van der Waals surface area contributed by atoms with Gasteiger partial charge in [0, 0.05) is 5.69 Å². The van der Waals surface area contributed by atoms with Gasteiger partial charge in [0.05, 0.1) is 13.2 Å². The van der Waals surface area contributed by atoms with E-state index in [1.165, 1.54) is 31.2 Å². The van der Waals surface area contributed by atoms with Gasteiger partial charge >= 0.3 is 12.2 Å². The molecule has 0 atom stereocenters. The van der Waals surface area contributed by atoms with Crippen molar-refractivity contribution in [3.63, 3.8) is 0 Å². The minimum Gasteiger partial charge on any atom is -0.450 e. The first kappa shape index (κ1) is 25.8. The number of unbranched alkanes of at least 4 members (excludes halogenated alkanes) is 10. The van der Waals surface area contributed by atoms with E-state index in [0.717, 1.165) is 63.5 Å². The fourth-order valence-corrected chi connectivity index (χ4v) is 3.25. The Morgan fingerprint density at radius 1 is 0.767 bits per heavy atom. The maximum Gasteiger partial charge on any atom is 0.505 e. The van der Waals surface area contributed by atoms with Gasteiger partial charge in [0.2, 0.25) is 0 Å². The van der Waals surface area contributed by atoms with E-state index in [1.54, 1.807) is 0 Å². The first-order chi connectivity index (χ1) is 14.6. The molecular weight excluding hydrogens is 382 g/mol. The molecule has 2 N–H and O–H groups in total. The number of nitrogens with one attached hydrogen (secondary N) is 1. The van der Waals surface area contributed by atoms with Crippen molar-refractivity contribution >= 4 is 17.9 Å². The van der Waals surface area contributed by atoms with Crippen molar-refractivity contribution in [2.24, 2.45) is 0 Å². The molecule has 0 saturated heterocycles. The van der Waals surface area contributed by atoms with Crippen LogP contribution in [-0.2, 0) is 15.9 Å². The third-order valence-electron chi connectivity index (χ3n) is 5.02. The van der Waals surface area contributed by atoms with Gasteiger partial charge in [0.25, 0.3) is 0 Å². The molecule has 0 aliphatic rings. The zero-order chi connectivity index (χ0) is 21.9. The van der Waals surface area contributed by atoms with Crippen LogP contribution >= 0.6 is 0 Å². The van der Waals surface area contributed by atoms with Gasteiger partial charge in [0.15, 0.2) is 0 Å². The van der Waals surface area contributed by atoms with E-state index in [0.29, 0.717) is 13.2 Å². The third-order valence-corrected chi connectivity index (χ3v) is 5.02. The third kappa shape index (κ3) is 14.7. The number of amides is 1. The molecule has 1 rings (SSSR count). The Kier molecular flexibility index (Phi) is 15.1. The molecular formula is C24H39NO5. The normalized spacial score (nSPS) is 10.6. The summed E-state index contributed by atoms with van der Waals surface area (Å²) in [6.45, 7) is 2.97. The number of carboxylic acid groups (broad SMARTS) is 1. The van der Waals surface area contributed by atoms with Crippen molar-refractivity contribution in [2.75, 3.05) is 18.5 Å². The minimum absolute atomic E-state index is 0.294. The predicted molar refractivity (Wildman–Crippen MR) is 120 cm³/mol. The van der Waals surface area contributed by atoms with Gasteiger partial charge in [-0.3, -0.25) is 5.32 Å². The number of hydrogen-bond donors (Lipinski definition) is 2. The van der Waals surface area contributed by atoms with Gasteiger partial charge < -0.3 is 14.6 Å². The minimum atomic E-state index is -1.19. The predicted octanol–water partition coefficient (Wildman–Crippen LogP) is 7.17. The molecule has 0 unspecified atom stereocenters. The summed E-state index contributed by atoms with van der Waals surface area (Å²) in [6, 6.07) is 7.94. The first-order valence-electron chi connectivity index (χ1n) is 11.5. The van der Waals surface area contributed by atoms with E-state index >= 15 is 0 Å². The van der Waals surface area contributed by atoms with Crippen LogP contribution in [0.25, 0.3) is 0 Å². The Bertz CT molecular complexity index is 573. The van der Waals surface area contributed by atoms with Gasteiger partial charge in [0.1, 0.15) is 0 Å². The fraction of sp³-hybridized carbons (Fsp3) is 0.667. The number of carbonyl (C=O) groups excluding carboxylic acids is 1. The van der Waals surface area contributed by atoms with Crippen molar-refractivity contribution in [3.8, 4) is 0 Å². The smallest absolute Gasteiger partial charge is 0.450 e. The summed E-state index contributed by atoms with van der Waals surface area (Å²) in [5.41, 5.74) is 2.02. The molecule has 0 saturated carbocycles. The molecule has 6 heteroatoms. The second-order valence-corrected chi connectivity index (χ2v) is 7.71. The van der Waals surface area contributed by atoms with Crippen LogP contribution in [0.15, 0.2) is 24.3 Å². The summed E-state index contributed by atoms with van der Waals surface area (Å²) in [4.78, 5) is 22.1. The van der Waals surface area contributed by atoms with Gasteiger partial charge in [-0.25, -0.2) is 9.59 Å². The van der Waals surface area contributed by atoms with E-state index in [-0.39, 0.29) is 6.09 Å². The molecule has 1 amide bonds. The Hall–Kier alpha value is -2.24. The van der Waals surface area contributed by atoms with Gasteiger partial charge in [-0.15, -0.1) is 0 Å². The molecule has 30 heavy (non-hydrogen) atoms. The average Bonchev–Trinajstić information content (AvgIpc) is 2.73. The van der Waals surface area contributed by atoms with Crippen molar-refractivity contribution in [2.45, 2.75) is 90.4 Å². The van der Waals surface area contributed by atoms with Crippen LogP contribution in [0.5, 0.6) is 0 Å². The molecule has 0 radical (unpaired) electrons. The maximum absolute atomic E-state index is 11.8. The summed E-state index contributed by atoms with van der Waals surface area (Å²) >= 11 is 0.